The van der Waals surface area contributed by atoms with E-state index >= 15 is 0 Å². The highest BCUT2D eigenvalue weighted by molar-refractivity contribution is 5.68. The molecule has 0 spiro atoms. The summed E-state index contributed by atoms with van der Waals surface area (Å²) in [7, 11) is 1.69. The first kappa shape index (κ1) is 15.0. The van der Waals surface area contributed by atoms with Crippen molar-refractivity contribution in [1.29, 1.82) is 0 Å². The molecule has 4 nitrogen and oxygen atoms in total. The van der Waals surface area contributed by atoms with Crippen molar-refractivity contribution in [3.05, 3.63) is 12.7 Å². The van der Waals surface area contributed by atoms with Crippen molar-refractivity contribution in [2.45, 2.75) is 57.8 Å². The van der Waals surface area contributed by atoms with Crippen LogP contribution in [-0.4, -0.2) is 42.4 Å². The van der Waals surface area contributed by atoms with E-state index in [1.54, 1.807) is 12.0 Å². The van der Waals surface area contributed by atoms with E-state index in [9.17, 15) is 4.79 Å². The van der Waals surface area contributed by atoms with Gasteiger partial charge < -0.3 is 14.4 Å². The van der Waals surface area contributed by atoms with Crippen molar-refractivity contribution in [3.63, 3.8) is 0 Å². The lowest BCUT2D eigenvalue weighted by molar-refractivity contribution is -0.0229. The van der Waals surface area contributed by atoms with Crippen molar-refractivity contribution in [2.75, 3.05) is 13.7 Å². The number of methoxy groups -OCH3 is 1. The molecule has 0 unspecified atom stereocenters. The highest BCUT2D eigenvalue weighted by atomic mass is 16.6. The van der Waals surface area contributed by atoms with Crippen LogP contribution in [0.4, 0.5) is 4.79 Å². The molecule has 4 heteroatoms. The minimum absolute atomic E-state index is 0.110. The lowest BCUT2D eigenvalue weighted by atomic mass is 9.98. The maximum absolute atomic E-state index is 12.2. The third kappa shape index (κ3) is 4.33. The number of carbonyl (C=O) groups excluding carboxylic acids is 1. The fourth-order valence-electron chi connectivity index (χ4n) is 2.17. The molecule has 1 rings (SSSR count). The van der Waals surface area contributed by atoms with Crippen LogP contribution in [0, 0.1) is 0 Å². The number of hydrogen-bond donors (Lipinski definition) is 0. The highest BCUT2D eigenvalue weighted by Gasteiger charge is 2.33. The molecule has 1 fully saturated rings. The van der Waals surface area contributed by atoms with Gasteiger partial charge in [0.25, 0.3) is 0 Å². The van der Waals surface area contributed by atoms with Gasteiger partial charge in [0, 0.05) is 13.2 Å². The Hall–Kier alpha value is -1.03. The van der Waals surface area contributed by atoms with Gasteiger partial charge in [-0.25, -0.2) is 4.79 Å². The average molecular weight is 255 g/mol. The predicted molar refractivity (Wildman–Crippen MR) is 71.6 cm³/mol. The van der Waals surface area contributed by atoms with Crippen molar-refractivity contribution in [2.24, 2.45) is 0 Å². The number of piperidine rings is 1. The number of ether oxygens (including phenoxy) is 2. The van der Waals surface area contributed by atoms with Gasteiger partial charge in [-0.05, 0) is 40.0 Å². The van der Waals surface area contributed by atoms with Gasteiger partial charge in [-0.15, -0.1) is 6.58 Å². The molecule has 104 valence electrons. The van der Waals surface area contributed by atoms with Crippen LogP contribution in [0.25, 0.3) is 0 Å². The Labute approximate surface area is 110 Å². The van der Waals surface area contributed by atoms with Crippen molar-refractivity contribution in [1.82, 2.24) is 4.90 Å². The maximum Gasteiger partial charge on any atom is 0.410 e. The zero-order chi connectivity index (χ0) is 13.8. The van der Waals surface area contributed by atoms with Gasteiger partial charge >= 0.3 is 6.09 Å². The van der Waals surface area contributed by atoms with Gasteiger partial charge in [-0.3, -0.25) is 0 Å². The van der Waals surface area contributed by atoms with Gasteiger partial charge in [0.15, 0.2) is 0 Å². The molecule has 0 aromatic rings. The molecule has 1 saturated heterocycles. The number of likely N-dealkylation sites (tertiary alicyclic amines) is 1. The number of amides is 1. The van der Waals surface area contributed by atoms with Crippen LogP contribution >= 0.6 is 0 Å². The summed E-state index contributed by atoms with van der Waals surface area (Å²) in [6.45, 7) is 9.99. The van der Waals surface area contributed by atoms with E-state index in [1.807, 2.05) is 26.8 Å². The van der Waals surface area contributed by atoms with Crippen LogP contribution in [0.3, 0.4) is 0 Å². The van der Waals surface area contributed by atoms with E-state index in [2.05, 4.69) is 6.58 Å². The van der Waals surface area contributed by atoms with Crippen molar-refractivity contribution < 1.29 is 14.3 Å². The molecular formula is C14H25NO3. The molecule has 2 atom stereocenters. The third-order valence-corrected chi connectivity index (χ3v) is 3.06. The van der Waals surface area contributed by atoms with Crippen molar-refractivity contribution in [3.8, 4) is 0 Å². The Bertz CT molecular complexity index is 296. The van der Waals surface area contributed by atoms with Crippen LogP contribution in [0.1, 0.15) is 40.0 Å². The monoisotopic (exact) mass is 255 g/mol. The molecule has 18 heavy (non-hydrogen) atoms. The van der Waals surface area contributed by atoms with E-state index in [0.717, 1.165) is 19.3 Å². The SMILES string of the molecule is C=CC[C@H]1CC[C@H](OC)CN1C(=O)OC(C)(C)C. The minimum Gasteiger partial charge on any atom is -0.444 e. The summed E-state index contributed by atoms with van der Waals surface area (Å²) >= 11 is 0. The van der Waals surface area contributed by atoms with Gasteiger partial charge in [0.1, 0.15) is 5.60 Å². The second-order valence-electron chi connectivity index (χ2n) is 5.75. The molecule has 1 amide bonds. The molecule has 0 bridgehead atoms. The summed E-state index contributed by atoms with van der Waals surface area (Å²) in [5.74, 6) is 0. The van der Waals surface area contributed by atoms with Crippen molar-refractivity contribution >= 4 is 6.09 Å². The smallest absolute Gasteiger partial charge is 0.410 e. The van der Waals surface area contributed by atoms with Crippen LogP contribution < -0.4 is 0 Å². The number of carbonyl (C=O) groups is 1. The zero-order valence-corrected chi connectivity index (χ0v) is 11.9. The largest absolute Gasteiger partial charge is 0.444 e. The Morgan fingerprint density at radius 2 is 2.11 bits per heavy atom. The second kappa shape index (κ2) is 6.23. The zero-order valence-electron chi connectivity index (χ0n) is 11.9. The van der Waals surface area contributed by atoms with Gasteiger partial charge in [0.2, 0.25) is 0 Å². The topological polar surface area (TPSA) is 38.8 Å². The standard InChI is InChI=1S/C14H25NO3/c1-6-7-11-8-9-12(17-5)10-15(11)13(16)18-14(2,3)4/h6,11-12H,1,7-10H2,2-5H3/t11-,12-/m0/s1. The van der Waals surface area contributed by atoms with E-state index in [1.165, 1.54) is 0 Å². The van der Waals surface area contributed by atoms with E-state index in [-0.39, 0.29) is 18.2 Å². The van der Waals surface area contributed by atoms with Crippen LogP contribution in [0.15, 0.2) is 12.7 Å². The predicted octanol–water partition coefficient (Wildman–Crippen LogP) is 2.98. The normalized spacial score (nSPS) is 24.8. The quantitative estimate of drug-likeness (QED) is 0.728. The average Bonchev–Trinajstić information content (AvgIpc) is 2.27. The summed E-state index contributed by atoms with van der Waals surface area (Å²) in [6, 6.07) is 0.184. The van der Waals surface area contributed by atoms with E-state index < -0.39 is 5.60 Å². The Balaban J connectivity index is 2.71. The van der Waals surface area contributed by atoms with Crippen LogP contribution in [-0.2, 0) is 9.47 Å². The molecule has 0 radical (unpaired) electrons. The first-order valence-electron chi connectivity index (χ1n) is 6.50. The van der Waals surface area contributed by atoms with E-state index in [4.69, 9.17) is 9.47 Å². The fourth-order valence-corrected chi connectivity index (χ4v) is 2.17. The molecule has 0 aromatic heterocycles. The molecule has 0 aliphatic carbocycles. The summed E-state index contributed by atoms with van der Waals surface area (Å²) in [5.41, 5.74) is -0.462. The second-order valence-corrected chi connectivity index (χ2v) is 5.75. The van der Waals surface area contributed by atoms with Crippen LogP contribution in [0.2, 0.25) is 0 Å². The summed E-state index contributed by atoms with van der Waals surface area (Å²) in [6.07, 6.45) is 4.43. The third-order valence-electron chi connectivity index (χ3n) is 3.06. The number of hydrogen-bond acceptors (Lipinski definition) is 3. The molecule has 0 saturated carbocycles. The number of nitrogens with zero attached hydrogens (tertiary/aromatic N) is 1. The molecule has 0 N–H and O–H groups in total. The van der Waals surface area contributed by atoms with Crippen LogP contribution in [0.5, 0.6) is 0 Å². The minimum atomic E-state index is -0.462. The lowest BCUT2D eigenvalue weighted by Gasteiger charge is -2.39. The Morgan fingerprint density at radius 3 is 2.61 bits per heavy atom. The van der Waals surface area contributed by atoms with Gasteiger partial charge in [0.05, 0.1) is 12.6 Å². The molecule has 1 aliphatic heterocycles. The Morgan fingerprint density at radius 1 is 1.44 bits per heavy atom. The number of rotatable bonds is 3. The molecule has 0 aromatic carbocycles. The molecule has 1 aliphatic rings. The summed E-state index contributed by atoms with van der Waals surface area (Å²) < 4.78 is 10.8. The Kier molecular flexibility index (Phi) is 5.20. The molecule has 1 heterocycles. The lowest BCUT2D eigenvalue weighted by Crippen LogP contribution is -2.50. The fraction of sp³-hybridized carbons (Fsp3) is 0.786. The van der Waals surface area contributed by atoms with Gasteiger partial charge in [-0.2, -0.15) is 0 Å². The van der Waals surface area contributed by atoms with Gasteiger partial charge in [-0.1, -0.05) is 6.08 Å². The molecular weight excluding hydrogens is 230 g/mol. The first-order chi connectivity index (χ1) is 8.37. The van der Waals surface area contributed by atoms with E-state index in [0.29, 0.717) is 6.54 Å². The summed E-state index contributed by atoms with van der Waals surface area (Å²) in [4.78, 5) is 14.0. The summed E-state index contributed by atoms with van der Waals surface area (Å²) in [5, 5.41) is 0. The first-order valence-corrected chi connectivity index (χ1v) is 6.50. The maximum atomic E-state index is 12.2. The highest BCUT2D eigenvalue weighted by Crippen LogP contribution is 2.24.